The van der Waals surface area contributed by atoms with Gasteiger partial charge in [0, 0.05) is 12.1 Å². The van der Waals surface area contributed by atoms with E-state index in [0.717, 1.165) is 23.0 Å². The Hall–Kier alpha value is -2.47. The number of benzene rings is 1. The largest absolute Gasteiger partial charge is 0.463 e. The van der Waals surface area contributed by atoms with Gasteiger partial charge in [0.25, 0.3) is 0 Å². The molecule has 0 amide bonds. The second kappa shape index (κ2) is 7.40. The third-order valence-electron chi connectivity index (χ3n) is 3.58. The molecule has 0 radical (unpaired) electrons. The topological polar surface area (TPSA) is 68.1 Å². The minimum absolute atomic E-state index is 0.216. The van der Waals surface area contributed by atoms with Gasteiger partial charge in [-0.05, 0) is 24.6 Å². The number of hydrogen-bond donors (Lipinski definition) is 1. The number of imidazole rings is 1. The zero-order valence-corrected chi connectivity index (χ0v) is 14.4. The third-order valence-corrected chi connectivity index (χ3v) is 4.47. The summed E-state index contributed by atoms with van der Waals surface area (Å²) in [5, 5.41) is 0.842. The van der Waals surface area contributed by atoms with Gasteiger partial charge in [-0.15, -0.1) is 0 Å². The van der Waals surface area contributed by atoms with E-state index in [0.29, 0.717) is 11.5 Å². The molecule has 6 heteroatoms. The van der Waals surface area contributed by atoms with Crippen molar-refractivity contribution in [2.75, 3.05) is 7.11 Å². The number of nitrogens with one attached hydrogen (secondary N) is 1. The highest BCUT2D eigenvalue weighted by Gasteiger charge is 2.13. The van der Waals surface area contributed by atoms with Gasteiger partial charge in [0.2, 0.25) is 5.76 Å². The van der Waals surface area contributed by atoms with Crippen LogP contribution in [-0.2, 0) is 16.9 Å². The Morgan fingerprint density at radius 1 is 1.25 bits per heavy atom. The van der Waals surface area contributed by atoms with Crippen LogP contribution in [0.2, 0.25) is 0 Å². The second-order valence-electron chi connectivity index (χ2n) is 5.32. The van der Waals surface area contributed by atoms with Crippen molar-refractivity contribution in [3.63, 3.8) is 0 Å². The Balaban J connectivity index is 1.63. The summed E-state index contributed by atoms with van der Waals surface area (Å²) in [5.41, 5.74) is 3.34. The Labute approximate surface area is 144 Å². The predicted octanol–water partition coefficient (Wildman–Crippen LogP) is 3.98. The molecular formula is C18H18N2O3S. The van der Waals surface area contributed by atoms with Crippen molar-refractivity contribution in [2.24, 2.45) is 0 Å². The SMILES string of the molecule is COC(=O)c1ccc(CSc2nc(Cc3ccccc3)c(C)[nH]2)o1. The number of hydrogen-bond acceptors (Lipinski definition) is 5. The maximum Gasteiger partial charge on any atom is 0.373 e. The molecule has 0 saturated heterocycles. The van der Waals surface area contributed by atoms with Gasteiger partial charge >= 0.3 is 5.97 Å². The molecule has 0 atom stereocenters. The van der Waals surface area contributed by atoms with Crippen molar-refractivity contribution in [3.8, 4) is 0 Å². The highest BCUT2D eigenvalue weighted by Crippen LogP contribution is 2.23. The lowest BCUT2D eigenvalue weighted by Crippen LogP contribution is -1.98. The minimum atomic E-state index is -0.467. The molecule has 2 aromatic heterocycles. The average Bonchev–Trinajstić information content (AvgIpc) is 3.20. The van der Waals surface area contributed by atoms with E-state index in [1.807, 2.05) is 25.1 Å². The molecule has 0 aliphatic rings. The summed E-state index contributed by atoms with van der Waals surface area (Å²) in [6.07, 6.45) is 0.803. The van der Waals surface area contributed by atoms with Gasteiger partial charge in [0.05, 0.1) is 18.6 Å². The smallest absolute Gasteiger partial charge is 0.373 e. The van der Waals surface area contributed by atoms with Crippen LogP contribution < -0.4 is 0 Å². The predicted molar refractivity (Wildman–Crippen MR) is 92.2 cm³/mol. The first-order valence-electron chi connectivity index (χ1n) is 7.55. The van der Waals surface area contributed by atoms with E-state index in [9.17, 15) is 4.79 Å². The van der Waals surface area contributed by atoms with E-state index in [-0.39, 0.29) is 5.76 Å². The van der Waals surface area contributed by atoms with Gasteiger partial charge in [-0.1, -0.05) is 42.1 Å². The molecule has 0 fully saturated rings. The molecule has 3 rings (SSSR count). The average molecular weight is 342 g/mol. The Morgan fingerprint density at radius 3 is 2.79 bits per heavy atom. The molecule has 1 N–H and O–H groups in total. The number of rotatable bonds is 6. The molecule has 0 bridgehead atoms. The number of ether oxygens (including phenoxy) is 1. The molecule has 5 nitrogen and oxygen atoms in total. The number of furan rings is 1. The third kappa shape index (κ3) is 3.89. The maximum absolute atomic E-state index is 11.4. The Kier molecular flexibility index (Phi) is 5.05. The molecule has 0 aliphatic heterocycles. The van der Waals surface area contributed by atoms with Gasteiger partial charge in [-0.2, -0.15) is 0 Å². The number of methoxy groups -OCH3 is 1. The first-order valence-corrected chi connectivity index (χ1v) is 8.53. The highest BCUT2D eigenvalue weighted by molar-refractivity contribution is 7.98. The van der Waals surface area contributed by atoms with Crippen LogP contribution in [0, 0.1) is 6.92 Å². The van der Waals surface area contributed by atoms with E-state index in [2.05, 4.69) is 26.8 Å². The first-order chi connectivity index (χ1) is 11.7. The summed E-state index contributed by atoms with van der Waals surface area (Å²) in [6.45, 7) is 2.03. The summed E-state index contributed by atoms with van der Waals surface area (Å²) >= 11 is 1.54. The minimum Gasteiger partial charge on any atom is -0.463 e. The molecule has 2 heterocycles. The number of aromatic amines is 1. The number of H-pyrrole nitrogens is 1. The lowest BCUT2D eigenvalue weighted by atomic mass is 10.1. The van der Waals surface area contributed by atoms with Gasteiger partial charge in [0.1, 0.15) is 5.76 Å². The highest BCUT2D eigenvalue weighted by atomic mass is 32.2. The summed E-state index contributed by atoms with van der Waals surface area (Å²) in [4.78, 5) is 19.3. The maximum atomic E-state index is 11.4. The summed E-state index contributed by atoms with van der Waals surface area (Å²) in [7, 11) is 1.33. The molecule has 124 valence electrons. The summed E-state index contributed by atoms with van der Waals surface area (Å²) < 4.78 is 10.1. The van der Waals surface area contributed by atoms with Crippen LogP contribution in [0.5, 0.6) is 0 Å². The van der Waals surface area contributed by atoms with Gasteiger partial charge in [-0.3, -0.25) is 0 Å². The molecule has 0 unspecified atom stereocenters. The Morgan fingerprint density at radius 2 is 2.04 bits per heavy atom. The summed E-state index contributed by atoms with van der Waals surface area (Å²) in [6, 6.07) is 13.7. The van der Waals surface area contributed by atoms with Crippen molar-refractivity contribution < 1.29 is 13.9 Å². The number of carbonyl (C=O) groups is 1. The zero-order chi connectivity index (χ0) is 16.9. The van der Waals surface area contributed by atoms with Crippen molar-refractivity contribution in [3.05, 3.63) is 70.9 Å². The number of carbonyl (C=O) groups excluding carboxylic acids is 1. The first kappa shape index (κ1) is 16.4. The lowest BCUT2D eigenvalue weighted by molar-refractivity contribution is 0.0563. The number of thioether (sulfide) groups is 1. The van der Waals surface area contributed by atoms with Crippen LogP contribution in [0.3, 0.4) is 0 Å². The van der Waals surface area contributed by atoms with Crippen molar-refractivity contribution in [2.45, 2.75) is 24.3 Å². The lowest BCUT2D eigenvalue weighted by Gasteiger charge is -1.98. The normalized spacial score (nSPS) is 10.8. The molecule has 0 aliphatic carbocycles. The van der Waals surface area contributed by atoms with Gasteiger partial charge < -0.3 is 14.1 Å². The molecule has 0 spiro atoms. The van der Waals surface area contributed by atoms with Crippen molar-refractivity contribution in [1.82, 2.24) is 9.97 Å². The molecule has 24 heavy (non-hydrogen) atoms. The van der Waals surface area contributed by atoms with Crippen LogP contribution in [0.4, 0.5) is 0 Å². The van der Waals surface area contributed by atoms with E-state index in [1.54, 1.807) is 12.1 Å². The van der Waals surface area contributed by atoms with E-state index >= 15 is 0 Å². The molecular weight excluding hydrogens is 324 g/mol. The number of nitrogens with zero attached hydrogens (tertiary/aromatic N) is 1. The number of esters is 1. The Bertz CT molecular complexity index is 824. The fourth-order valence-electron chi connectivity index (χ4n) is 2.30. The van der Waals surface area contributed by atoms with Crippen LogP contribution >= 0.6 is 11.8 Å². The van der Waals surface area contributed by atoms with Crippen LogP contribution in [0.15, 0.2) is 52.0 Å². The van der Waals surface area contributed by atoms with E-state index < -0.39 is 5.97 Å². The van der Waals surface area contributed by atoms with Crippen LogP contribution in [0.1, 0.15) is 33.3 Å². The monoisotopic (exact) mass is 342 g/mol. The van der Waals surface area contributed by atoms with E-state index in [1.165, 1.54) is 24.4 Å². The van der Waals surface area contributed by atoms with Crippen LogP contribution in [0.25, 0.3) is 0 Å². The van der Waals surface area contributed by atoms with Crippen LogP contribution in [-0.4, -0.2) is 23.0 Å². The van der Waals surface area contributed by atoms with Gasteiger partial charge in [-0.25, -0.2) is 9.78 Å². The van der Waals surface area contributed by atoms with Crippen molar-refractivity contribution in [1.29, 1.82) is 0 Å². The fraction of sp³-hybridized carbons (Fsp3) is 0.222. The second-order valence-corrected chi connectivity index (χ2v) is 6.29. The molecule has 3 aromatic rings. The summed E-state index contributed by atoms with van der Waals surface area (Å²) in [5.74, 6) is 1.05. The molecule has 0 saturated carbocycles. The zero-order valence-electron chi connectivity index (χ0n) is 13.5. The number of aromatic nitrogens is 2. The van der Waals surface area contributed by atoms with Gasteiger partial charge in [0.15, 0.2) is 5.16 Å². The fourth-order valence-corrected chi connectivity index (χ4v) is 3.14. The van der Waals surface area contributed by atoms with Crippen molar-refractivity contribution >= 4 is 17.7 Å². The van der Waals surface area contributed by atoms with E-state index in [4.69, 9.17) is 4.42 Å². The standard InChI is InChI=1S/C18H18N2O3S/c1-12-15(10-13-6-4-3-5-7-13)20-18(19-12)24-11-14-8-9-16(23-14)17(21)22-2/h3-9H,10-11H2,1-2H3,(H,19,20). The number of aryl methyl sites for hydroxylation is 1. The quantitative estimate of drug-likeness (QED) is 0.542. The molecule has 1 aromatic carbocycles.